The first-order valence-corrected chi connectivity index (χ1v) is 8.61. The van der Waals surface area contributed by atoms with Crippen LogP contribution in [0.1, 0.15) is 20.2 Å². The number of carbonyl (C=O) groups is 1. The molecule has 6 heteroatoms. The average molecular weight is 329 g/mol. The molecule has 4 nitrogen and oxygen atoms in total. The number of hydrogen-bond acceptors (Lipinski definition) is 5. The predicted molar refractivity (Wildman–Crippen MR) is 90.4 cm³/mol. The van der Waals surface area contributed by atoms with E-state index in [2.05, 4.69) is 32.8 Å². The second-order valence-electron chi connectivity index (χ2n) is 4.77. The minimum atomic E-state index is -0.0833. The minimum absolute atomic E-state index is 0.0833. The SMILES string of the molecule is Cc1nc(-c2ccc(CCNC(=O)c3cccnc3)s2)cs1. The molecule has 3 heterocycles. The fraction of sp³-hybridized carbons (Fsp3) is 0.188. The van der Waals surface area contributed by atoms with Crippen LogP contribution in [0.15, 0.2) is 42.0 Å². The van der Waals surface area contributed by atoms with Gasteiger partial charge in [-0.25, -0.2) is 4.98 Å². The van der Waals surface area contributed by atoms with Gasteiger partial charge in [0.15, 0.2) is 0 Å². The van der Waals surface area contributed by atoms with Crippen LogP contribution in [0.25, 0.3) is 10.6 Å². The van der Waals surface area contributed by atoms with E-state index in [1.54, 1.807) is 47.2 Å². The molecule has 0 aliphatic rings. The highest BCUT2D eigenvalue weighted by molar-refractivity contribution is 7.16. The summed E-state index contributed by atoms with van der Waals surface area (Å²) in [5.74, 6) is -0.0833. The first-order chi connectivity index (χ1) is 10.7. The van der Waals surface area contributed by atoms with E-state index in [9.17, 15) is 4.79 Å². The quantitative estimate of drug-likeness (QED) is 0.779. The summed E-state index contributed by atoms with van der Waals surface area (Å²) in [7, 11) is 0. The number of thiazole rings is 1. The Morgan fingerprint density at radius 3 is 2.95 bits per heavy atom. The van der Waals surface area contributed by atoms with Crippen molar-refractivity contribution in [2.24, 2.45) is 0 Å². The van der Waals surface area contributed by atoms with Gasteiger partial charge in [0.2, 0.25) is 0 Å². The summed E-state index contributed by atoms with van der Waals surface area (Å²) >= 11 is 3.39. The molecule has 0 saturated carbocycles. The second-order valence-corrected chi connectivity index (χ2v) is 7.00. The van der Waals surface area contributed by atoms with Crippen molar-refractivity contribution in [3.63, 3.8) is 0 Å². The van der Waals surface area contributed by atoms with Crippen molar-refractivity contribution < 1.29 is 4.79 Å². The molecule has 1 N–H and O–H groups in total. The summed E-state index contributed by atoms with van der Waals surface area (Å²) in [4.78, 5) is 22.8. The van der Waals surface area contributed by atoms with Gasteiger partial charge in [0.25, 0.3) is 5.91 Å². The van der Waals surface area contributed by atoms with Crippen LogP contribution in [0.2, 0.25) is 0 Å². The molecule has 0 spiro atoms. The smallest absolute Gasteiger partial charge is 0.252 e. The summed E-state index contributed by atoms with van der Waals surface area (Å²) in [5.41, 5.74) is 1.63. The molecule has 3 aromatic rings. The molecule has 0 aliphatic heterocycles. The monoisotopic (exact) mass is 329 g/mol. The molecular weight excluding hydrogens is 314 g/mol. The first-order valence-electron chi connectivity index (χ1n) is 6.92. The van der Waals surface area contributed by atoms with Gasteiger partial charge in [0.05, 0.1) is 21.1 Å². The maximum absolute atomic E-state index is 11.9. The van der Waals surface area contributed by atoms with E-state index in [-0.39, 0.29) is 5.91 Å². The highest BCUT2D eigenvalue weighted by Gasteiger charge is 2.07. The Morgan fingerprint density at radius 2 is 2.23 bits per heavy atom. The maximum atomic E-state index is 11.9. The van der Waals surface area contributed by atoms with Crippen molar-refractivity contribution in [3.8, 4) is 10.6 Å². The van der Waals surface area contributed by atoms with Crippen LogP contribution in [0.3, 0.4) is 0 Å². The van der Waals surface area contributed by atoms with Gasteiger partial charge >= 0.3 is 0 Å². The number of rotatable bonds is 5. The number of nitrogens with zero attached hydrogens (tertiary/aromatic N) is 2. The lowest BCUT2D eigenvalue weighted by molar-refractivity contribution is 0.0954. The summed E-state index contributed by atoms with van der Waals surface area (Å²) in [6.45, 7) is 2.63. The second kappa shape index (κ2) is 6.81. The molecule has 0 fully saturated rings. The number of aryl methyl sites for hydroxylation is 1. The van der Waals surface area contributed by atoms with E-state index in [1.807, 2.05) is 6.92 Å². The summed E-state index contributed by atoms with van der Waals surface area (Å²) in [6.07, 6.45) is 4.05. The molecule has 0 bridgehead atoms. The molecule has 3 rings (SSSR count). The van der Waals surface area contributed by atoms with Crippen LogP contribution in [0, 0.1) is 6.92 Å². The fourth-order valence-corrected chi connectivity index (χ4v) is 3.68. The van der Waals surface area contributed by atoms with Crippen LogP contribution in [-0.2, 0) is 6.42 Å². The van der Waals surface area contributed by atoms with Crippen molar-refractivity contribution in [2.45, 2.75) is 13.3 Å². The lowest BCUT2D eigenvalue weighted by Crippen LogP contribution is -2.25. The average Bonchev–Trinajstić information content (AvgIpc) is 3.17. The highest BCUT2D eigenvalue weighted by atomic mass is 32.1. The molecule has 112 valence electrons. The van der Waals surface area contributed by atoms with Gasteiger partial charge in [-0.05, 0) is 37.6 Å². The van der Waals surface area contributed by atoms with Gasteiger partial charge in [0.1, 0.15) is 0 Å². The molecule has 1 amide bonds. The third-order valence-electron chi connectivity index (χ3n) is 3.11. The zero-order valence-corrected chi connectivity index (χ0v) is 13.7. The van der Waals surface area contributed by atoms with Gasteiger partial charge in [0, 0.05) is 29.2 Å². The Labute approximate surface area is 136 Å². The van der Waals surface area contributed by atoms with Gasteiger partial charge in [-0.3, -0.25) is 9.78 Å². The Balaban J connectivity index is 1.54. The van der Waals surface area contributed by atoms with Crippen LogP contribution < -0.4 is 5.32 Å². The standard InChI is InChI=1S/C16H15N3OS2/c1-11-19-14(10-21-11)15-5-4-13(22-15)6-8-18-16(20)12-3-2-7-17-9-12/h2-5,7,9-10H,6,8H2,1H3,(H,18,20). The number of thiophene rings is 1. The molecule has 22 heavy (non-hydrogen) atoms. The molecule has 3 aromatic heterocycles. The summed E-state index contributed by atoms with van der Waals surface area (Å²) in [6, 6.07) is 7.72. The summed E-state index contributed by atoms with van der Waals surface area (Å²) < 4.78 is 0. The predicted octanol–water partition coefficient (Wildman–Crippen LogP) is 3.55. The Hall–Kier alpha value is -2.05. The Kier molecular flexibility index (Phi) is 4.60. The van der Waals surface area contributed by atoms with E-state index in [4.69, 9.17) is 0 Å². The third-order valence-corrected chi connectivity index (χ3v) is 5.05. The molecule has 0 radical (unpaired) electrons. The number of amides is 1. The first kappa shape index (κ1) is 14.9. The third kappa shape index (κ3) is 3.58. The van der Waals surface area contributed by atoms with Gasteiger partial charge < -0.3 is 5.32 Å². The normalized spacial score (nSPS) is 10.6. The molecule has 0 aliphatic carbocycles. The Morgan fingerprint density at radius 1 is 1.32 bits per heavy atom. The minimum Gasteiger partial charge on any atom is -0.352 e. The van der Waals surface area contributed by atoms with Gasteiger partial charge in [-0.15, -0.1) is 22.7 Å². The van der Waals surface area contributed by atoms with Crippen molar-refractivity contribution >= 4 is 28.6 Å². The largest absolute Gasteiger partial charge is 0.352 e. The number of aromatic nitrogens is 2. The van der Waals surface area contributed by atoms with Crippen molar-refractivity contribution in [1.82, 2.24) is 15.3 Å². The zero-order chi connectivity index (χ0) is 15.4. The molecule has 0 aromatic carbocycles. The van der Waals surface area contributed by atoms with Gasteiger partial charge in [-0.2, -0.15) is 0 Å². The molecule has 0 atom stereocenters. The lowest BCUT2D eigenvalue weighted by Gasteiger charge is -2.03. The van der Waals surface area contributed by atoms with Crippen LogP contribution in [0.5, 0.6) is 0 Å². The van der Waals surface area contributed by atoms with E-state index < -0.39 is 0 Å². The number of hydrogen-bond donors (Lipinski definition) is 1. The zero-order valence-electron chi connectivity index (χ0n) is 12.1. The molecular formula is C16H15N3OS2. The lowest BCUT2D eigenvalue weighted by atomic mass is 10.2. The van der Waals surface area contributed by atoms with E-state index in [0.717, 1.165) is 17.1 Å². The molecule has 0 unspecified atom stereocenters. The van der Waals surface area contributed by atoms with Crippen LogP contribution in [-0.4, -0.2) is 22.4 Å². The molecule has 0 saturated heterocycles. The number of carbonyl (C=O) groups excluding carboxylic acids is 1. The number of pyridine rings is 1. The highest BCUT2D eigenvalue weighted by Crippen LogP contribution is 2.29. The van der Waals surface area contributed by atoms with E-state index in [1.165, 1.54) is 9.75 Å². The van der Waals surface area contributed by atoms with Crippen LogP contribution >= 0.6 is 22.7 Å². The van der Waals surface area contributed by atoms with Crippen molar-refractivity contribution in [3.05, 3.63) is 57.5 Å². The fourth-order valence-electron chi connectivity index (χ4n) is 2.02. The van der Waals surface area contributed by atoms with Gasteiger partial charge in [-0.1, -0.05) is 0 Å². The Bertz CT molecular complexity index is 765. The van der Waals surface area contributed by atoms with Crippen LogP contribution in [0.4, 0.5) is 0 Å². The maximum Gasteiger partial charge on any atom is 0.252 e. The van der Waals surface area contributed by atoms with Crippen molar-refractivity contribution in [1.29, 1.82) is 0 Å². The van der Waals surface area contributed by atoms with Crippen molar-refractivity contribution in [2.75, 3.05) is 6.54 Å². The topological polar surface area (TPSA) is 54.9 Å². The van der Waals surface area contributed by atoms with E-state index >= 15 is 0 Å². The van der Waals surface area contributed by atoms with E-state index in [0.29, 0.717) is 12.1 Å². The number of nitrogens with one attached hydrogen (secondary N) is 1. The summed E-state index contributed by atoms with van der Waals surface area (Å²) in [5, 5.41) is 6.07.